The highest BCUT2D eigenvalue weighted by molar-refractivity contribution is 5.97. The van der Waals surface area contributed by atoms with Crippen LogP contribution in [-0.4, -0.2) is 65.1 Å². The Labute approximate surface area is 216 Å². The van der Waals surface area contributed by atoms with Crippen molar-refractivity contribution in [3.8, 4) is 0 Å². The molecule has 0 spiro atoms. The van der Waals surface area contributed by atoms with Gasteiger partial charge in [-0.15, -0.1) is 0 Å². The van der Waals surface area contributed by atoms with Crippen LogP contribution in [0.4, 0.5) is 4.39 Å². The van der Waals surface area contributed by atoms with Crippen molar-refractivity contribution in [2.24, 2.45) is 44.8 Å². The smallest absolute Gasteiger partial charge is 0.331 e. The van der Waals surface area contributed by atoms with Crippen LogP contribution in [0.2, 0.25) is 0 Å². The third-order valence-electron chi connectivity index (χ3n) is 10.3. The molecule has 5 fully saturated rings. The third kappa shape index (κ3) is 4.66. The Hall–Kier alpha value is -2.49. The van der Waals surface area contributed by atoms with Gasteiger partial charge in [-0.25, -0.2) is 14.0 Å². The van der Waals surface area contributed by atoms with Gasteiger partial charge >= 0.3 is 11.9 Å². The van der Waals surface area contributed by atoms with Crippen LogP contribution in [0.25, 0.3) is 0 Å². The highest BCUT2D eigenvalue weighted by atomic mass is 19.1. The van der Waals surface area contributed by atoms with E-state index in [0.717, 1.165) is 44.4 Å². The Morgan fingerprint density at radius 2 is 1.86 bits per heavy atom. The molecule has 9 nitrogen and oxygen atoms in total. The van der Waals surface area contributed by atoms with Crippen molar-refractivity contribution in [1.29, 1.82) is 0 Å². The molecule has 4 saturated carbocycles. The standard InChI is InChI=1S/C27H38FN3O6/c1-26-9-7-18-16(17(26)3-4-23(26)36-25(34)6-5-24(32)33)11-21(30-35)19-12-22(20(28)13-27(18,19)2)31-37-15-8-10-29-14-15/h5-6,15-20,23,29,35H,3-4,7-14H2,1-2H3,(H,32,33)/b6-5+,30-21+,31-22+/t15-,16+,17+,18+,19?,20-,23+,26+,27-/m1/s1. The van der Waals surface area contributed by atoms with E-state index < -0.39 is 18.1 Å². The molecule has 1 saturated heterocycles. The number of aliphatic carboxylic acids is 1. The Balaban J connectivity index is 1.34. The molecule has 10 heteroatoms. The predicted molar refractivity (Wildman–Crippen MR) is 133 cm³/mol. The number of carbonyl (C=O) groups is 2. The van der Waals surface area contributed by atoms with E-state index in [2.05, 4.69) is 29.5 Å². The molecule has 9 atom stereocenters. The van der Waals surface area contributed by atoms with Crippen molar-refractivity contribution in [3.05, 3.63) is 12.2 Å². The zero-order chi connectivity index (χ0) is 26.4. The number of halogens is 1. The Bertz CT molecular complexity index is 1010. The largest absolute Gasteiger partial charge is 0.478 e. The molecular weight excluding hydrogens is 481 g/mol. The molecule has 1 heterocycles. The fraction of sp³-hybridized carbons (Fsp3) is 0.778. The van der Waals surface area contributed by atoms with Gasteiger partial charge in [-0.1, -0.05) is 24.2 Å². The zero-order valence-corrected chi connectivity index (χ0v) is 21.6. The lowest BCUT2D eigenvalue weighted by molar-refractivity contribution is -0.155. The lowest BCUT2D eigenvalue weighted by Gasteiger charge is -2.60. The number of ether oxygens (including phenoxy) is 1. The summed E-state index contributed by atoms with van der Waals surface area (Å²) < 4.78 is 21.3. The number of carboxylic acids is 1. The minimum atomic E-state index is -1.19. The fourth-order valence-electron chi connectivity index (χ4n) is 8.43. The van der Waals surface area contributed by atoms with Gasteiger partial charge in [-0.3, -0.25) is 0 Å². The fourth-order valence-corrected chi connectivity index (χ4v) is 8.43. The number of alkyl halides is 1. The molecule has 204 valence electrons. The molecule has 5 rings (SSSR count). The van der Waals surface area contributed by atoms with E-state index in [-0.39, 0.29) is 46.7 Å². The van der Waals surface area contributed by atoms with Crippen molar-refractivity contribution in [3.63, 3.8) is 0 Å². The van der Waals surface area contributed by atoms with Gasteiger partial charge < -0.3 is 25.2 Å². The number of esters is 1. The van der Waals surface area contributed by atoms with E-state index in [9.17, 15) is 14.8 Å². The van der Waals surface area contributed by atoms with Gasteiger partial charge in [-0.2, -0.15) is 0 Å². The second-order valence-electron chi connectivity index (χ2n) is 12.1. The molecule has 0 aromatic rings. The van der Waals surface area contributed by atoms with Crippen LogP contribution < -0.4 is 5.32 Å². The maximum absolute atomic E-state index is 15.6. The Morgan fingerprint density at radius 1 is 1.08 bits per heavy atom. The van der Waals surface area contributed by atoms with Crippen molar-refractivity contribution in [2.45, 2.75) is 83.6 Å². The molecule has 0 amide bonds. The summed E-state index contributed by atoms with van der Waals surface area (Å²) in [7, 11) is 0. The molecule has 3 N–H and O–H groups in total. The van der Waals surface area contributed by atoms with E-state index in [0.29, 0.717) is 43.7 Å². The van der Waals surface area contributed by atoms with E-state index in [1.807, 2.05) is 0 Å². The summed E-state index contributed by atoms with van der Waals surface area (Å²) in [6, 6.07) is 0. The van der Waals surface area contributed by atoms with Crippen LogP contribution in [0, 0.1) is 34.5 Å². The highest BCUT2D eigenvalue weighted by Crippen LogP contribution is 2.66. The van der Waals surface area contributed by atoms with Gasteiger partial charge in [0.1, 0.15) is 18.4 Å². The van der Waals surface area contributed by atoms with Gasteiger partial charge in [0.25, 0.3) is 0 Å². The summed E-state index contributed by atoms with van der Waals surface area (Å²) in [6.07, 6.45) is 5.75. The van der Waals surface area contributed by atoms with Crippen molar-refractivity contribution in [1.82, 2.24) is 5.32 Å². The average molecular weight is 520 g/mol. The first-order valence-electron chi connectivity index (χ1n) is 13.6. The first-order valence-corrected chi connectivity index (χ1v) is 13.6. The average Bonchev–Trinajstić information content (AvgIpc) is 3.49. The molecule has 0 aromatic heterocycles. The van der Waals surface area contributed by atoms with E-state index >= 15 is 4.39 Å². The van der Waals surface area contributed by atoms with Crippen LogP contribution in [0.1, 0.15) is 65.2 Å². The summed E-state index contributed by atoms with van der Waals surface area (Å²) in [6.45, 7) is 5.90. The predicted octanol–water partition coefficient (Wildman–Crippen LogP) is 3.70. The van der Waals surface area contributed by atoms with E-state index in [1.54, 1.807) is 0 Å². The van der Waals surface area contributed by atoms with Crippen LogP contribution >= 0.6 is 0 Å². The van der Waals surface area contributed by atoms with Gasteiger partial charge in [0.2, 0.25) is 0 Å². The molecular formula is C27H38FN3O6. The minimum Gasteiger partial charge on any atom is -0.478 e. The minimum absolute atomic E-state index is 0.0326. The molecule has 1 aliphatic heterocycles. The summed E-state index contributed by atoms with van der Waals surface area (Å²) in [5, 5.41) is 30.1. The van der Waals surface area contributed by atoms with Crippen LogP contribution in [0.5, 0.6) is 0 Å². The summed E-state index contributed by atoms with van der Waals surface area (Å²) in [5.74, 6) is -1.20. The molecule has 0 bridgehead atoms. The second-order valence-corrected chi connectivity index (χ2v) is 12.1. The molecule has 0 aromatic carbocycles. The quantitative estimate of drug-likeness (QED) is 0.219. The van der Waals surface area contributed by atoms with Crippen molar-refractivity contribution >= 4 is 23.4 Å². The van der Waals surface area contributed by atoms with E-state index in [4.69, 9.17) is 14.7 Å². The Morgan fingerprint density at radius 3 is 2.57 bits per heavy atom. The first-order chi connectivity index (χ1) is 17.7. The number of nitrogens with one attached hydrogen (secondary N) is 1. The number of carboxylic acid groups (broad SMARTS) is 1. The number of fused-ring (bicyclic) bond motifs is 5. The number of rotatable bonds is 5. The van der Waals surface area contributed by atoms with Gasteiger partial charge in [0.15, 0.2) is 0 Å². The summed E-state index contributed by atoms with van der Waals surface area (Å²) in [4.78, 5) is 28.7. The van der Waals surface area contributed by atoms with Gasteiger partial charge in [0, 0.05) is 42.9 Å². The third-order valence-corrected chi connectivity index (χ3v) is 10.3. The number of hydrogen-bond donors (Lipinski definition) is 3. The van der Waals surface area contributed by atoms with Gasteiger partial charge in [0.05, 0.1) is 11.4 Å². The maximum atomic E-state index is 15.6. The van der Waals surface area contributed by atoms with Crippen LogP contribution in [-0.2, 0) is 19.2 Å². The van der Waals surface area contributed by atoms with Crippen molar-refractivity contribution in [2.75, 3.05) is 13.1 Å². The van der Waals surface area contributed by atoms with Crippen molar-refractivity contribution < 1.29 is 33.9 Å². The number of hydrogen-bond acceptors (Lipinski definition) is 8. The summed E-state index contributed by atoms with van der Waals surface area (Å²) >= 11 is 0. The van der Waals surface area contributed by atoms with Gasteiger partial charge in [-0.05, 0) is 68.2 Å². The normalized spacial score (nSPS) is 45.4. The molecule has 0 radical (unpaired) electrons. The van der Waals surface area contributed by atoms with E-state index in [1.165, 1.54) is 0 Å². The number of nitrogens with zero attached hydrogens (tertiary/aromatic N) is 2. The molecule has 5 aliphatic rings. The van der Waals surface area contributed by atoms with Crippen LogP contribution in [0.15, 0.2) is 22.5 Å². The lowest BCUT2D eigenvalue weighted by Crippen LogP contribution is -2.58. The van der Waals surface area contributed by atoms with Crippen LogP contribution in [0.3, 0.4) is 0 Å². The number of oxime groups is 2. The first kappa shape index (κ1) is 26.1. The SMILES string of the molecule is C[C@]12CC[C@H]3[C@@H](C/C(=N\O)C4C/C(=N\O[C@@H]5CCNC5)[C@H](F)C[C@@]43C)[C@@H]1CC[C@@H]2OC(=O)/C=C/C(=O)O. The highest BCUT2D eigenvalue weighted by Gasteiger charge is 2.63. The topological polar surface area (TPSA) is 130 Å². The number of carbonyl (C=O) groups excluding carboxylic acids is 1. The molecule has 1 unspecified atom stereocenters. The lowest BCUT2D eigenvalue weighted by atomic mass is 9.44. The zero-order valence-electron chi connectivity index (χ0n) is 21.6. The molecule has 37 heavy (non-hydrogen) atoms. The maximum Gasteiger partial charge on any atom is 0.331 e. The monoisotopic (exact) mass is 519 g/mol. The Kier molecular flexibility index (Phi) is 7.06. The molecule has 4 aliphatic carbocycles. The second kappa shape index (κ2) is 10.0. The summed E-state index contributed by atoms with van der Waals surface area (Å²) in [5.41, 5.74) is 0.506.